The van der Waals surface area contributed by atoms with Gasteiger partial charge in [0.2, 0.25) is 0 Å². The summed E-state index contributed by atoms with van der Waals surface area (Å²) in [6, 6.07) is 7.90. The molecule has 0 bridgehead atoms. The van der Waals surface area contributed by atoms with Gasteiger partial charge < -0.3 is 9.64 Å². The van der Waals surface area contributed by atoms with E-state index in [1.807, 2.05) is 36.1 Å². The van der Waals surface area contributed by atoms with Crippen molar-refractivity contribution in [2.45, 2.75) is 58.4 Å². The van der Waals surface area contributed by atoms with Gasteiger partial charge >= 0.3 is 5.97 Å². The van der Waals surface area contributed by atoms with E-state index in [4.69, 9.17) is 4.74 Å². The molecule has 0 radical (unpaired) electrons. The predicted molar refractivity (Wildman–Crippen MR) is 90.3 cm³/mol. The highest BCUT2D eigenvalue weighted by Gasteiger charge is 2.27. The van der Waals surface area contributed by atoms with E-state index in [9.17, 15) is 9.59 Å². The highest BCUT2D eigenvalue weighted by molar-refractivity contribution is 5.96. The van der Waals surface area contributed by atoms with Crippen molar-refractivity contribution in [3.8, 4) is 0 Å². The summed E-state index contributed by atoms with van der Waals surface area (Å²) in [6.07, 6.45) is 5.87. The normalized spacial score (nSPS) is 15.2. The zero-order chi connectivity index (χ0) is 16.7. The molecule has 0 atom stereocenters. The van der Waals surface area contributed by atoms with Gasteiger partial charge in [-0.15, -0.1) is 0 Å². The van der Waals surface area contributed by atoms with Crippen LogP contribution in [0.3, 0.4) is 0 Å². The van der Waals surface area contributed by atoms with Crippen molar-refractivity contribution in [1.29, 1.82) is 0 Å². The average molecular weight is 317 g/mol. The molecule has 0 saturated heterocycles. The fraction of sp³-hybridized carbons (Fsp3) is 0.579. The minimum Gasteiger partial charge on any atom is -0.466 e. The minimum absolute atomic E-state index is 0.0410. The maximum atomic E-state index is 13.0. The molecule has 1 aromatic carbocycles. The molecule has 1 aliphatic rings. The van der Waals surface area contributed by atoms with E-state index in [1.54, 1.807) is 6.92 Å². The highest BCUT2D eigenvalue weighted by atomic mass is 16.5. The van der Waals surface area contributed by atoms with Crippen LogP contribution >= 0.6 is 0 Å². The lowest BCUT2D eigenvalue weighted by Gasteiger charge is -2.34. The fourth-order valence-electron chi connectivity index (χ4n) is 3.26. The van der Waals surface area contributed by atoms with E-state index in [1.165, 1.54) is 6.42 Å². The Balaban J connectivity index is 2.13. The lowest BCUT2D eigenvalue weighted by Crippen LogP contribution is -2.43. The summed E-state index contributed by atoms with van der Waals surface area (Å²) in [5.41, 5.74) is 1.72. The van der Waals surface area contributed by atoms with Crippen molar-refractivity contribution < 1.29 is 14.3 Å². The topological polar surface area (TPSA) is 46.6 Å². The van der Waals surface area contributed by atoms with Gasteiger partial charge in [-0.05, 0) is 38.3 Å². The van der Waals surface area contributed by atoms with Crippen molar-refractivity contribution >= 4 is 11.9 Å². The summed E-state index contributed by atoms with van der Waals surface area (Å²) in [7, 11) is 0. The molecule has 0 aliphatic heterocycles. The molecule has 0 aromatic heterocycles. The Hall–Kier alpha value is -1.84. The Bertz CT molecular complexity index is 535. The molecule has 0 N–H and O–H groups in total. The average Bonchev–Trinajstić information content (AvgIpc) is 2.56. The van der Waals surface area contributed by atoms with E-state index in [0.717, 1.165) is 36.8 Å². The van der Waals surface area contributed by atoms with Gasteiger partial charge in [-0.2, -0.15) is 0 Å². The van der Waals surface area contributed by atoms with Gasteiger partial charge in [0, 0.05) is 18.2 Å². The van der Waals surface area contributed by atoms with Gasteiger partial charge in [0.05, 0.1) is 13.0 Å². The van der Waals surface area contributed by atoms with Gasteiger partial charge in [0.25, 0.3) is 5.91 Å². The Labute approximate surface area is 138 Å². The van der Waals surface area contributed by atoms with Gasteiger partial charge in [-0.25, -0.2) is 0 Å². The van der Waals surface area contributed by atoms with Crippen LogP contribution in [0.4, 0.5) is 0 Å². The minimum atomic E-state index is -0.231. The van der Waals surface area contributed by atoms with Crippen molar-refractivity contribution in [2.24, 2.45) is 0 Å². The molecule has 1 aromatic rings. The lowest BCUT2D eigenvalue weighted by atomic mass is 9.93. The second kappa shape index (κ2) is 8.70. The molecule has 23 heavy (non-hydrogen) atoms. The second-order valence-corrected chi connectivity index (χ2v) is 6.16. The first-order valence-electron chi connectivity index (χ1n) is 8.65. The summed E-state index contributed by atoms with van der Waals surface area (Å²) < 4.78 is 5.01. The number of ether oxygens (including phenoxy) is 1. The van der Waals surface area contributed by atoms with Crippen LogP contribution in [0.1, 0.15) is 61.4 Å². The van der Waals surface area contributed by atoms with Crippen molar-refractivity contribution in [3.63, 3.8) is 0 Å². The molecular weight excluding hydrogens is 290 g/mol. The summed E-state index contributed by atoms with van der Waals surface area (Å²) in [4.78, 5) is 26.6. The maximum Gasteiger partial charge on any atom is 0.307 e. The predicted octanol–water partition coefficient (Wildman–Crippen LogP) is 3.72. The fourth-order valence-corrected chi connectivity index (χ4v) is 3.26. The molecule has 0 spiro atoms. The van der Waals surface area contributed by atoms with E-state index >= 15 is 0 Å². The summed E-state index contributed by atoms with van der Waals surface area (Å²) >= 11 is 0. The largest absolute Gasteiger partial charge is 0.466 e. The Morgan fingerprint density at radius 2 is 1.87 bits per heavy atom. The molecule has 2 rings (SSSR count). The van der Waals surface area contributed by atoms with Gasteiger partial charge in [0.1, 0.15) is 0 Å². The first-order chi connectivity index (χ1) is 11.1. The molecule has 4 nitrogen and oxygen atoms in total. The number of benzene rings is 1. The monoisotopic (exact) mass is 317 g/mol. The highest BCUT2D eigenvalue weighted by Crippen LogP contribution is 2.25. The lowest BCUT2D eigenvalue weighted by molar-refractivity contribution is -0.143. The van der Waals surface area contributed by atoms with Gasteiger partial charge in [0.15, 0.2) is 0 Å². The van der Waals surface area contributed by atoms with Crippen molar-refractivity contribution in [2.75, 3.05) is 13.2 Å². The molecule has 0 unspecified atom stereocenters. The quantitative estimate of drug-likeness (QED) is 0.751. The van der Waals surface area contributed by atoms with Crippen LogP contribution in [0.2, 0.25) is 0 Å². The number of carbonyl (C=O) groups is 2. The van der Waals surface area contributed by atoms with E-state index in [-0.39, 0.29) is 24.3 Å². The number of hydrogen-bond donors (Lipinski definition) is 0. The maximum absolute atomic E-state index is 13.0. The van der Waals surface area contributed by atoms with Crippen LogP contribution in [-0.4, -0.2) is 36.0 Å². The van der Waals surface area contributed by atoms with Crippen molar-refractivity contribution in [3.05, 3.63) is 35.4 Å². The molecule has 0 heterocycles. The van der Waals surface area contributed by atoms with E-state index in [2.05, 4.69) is 0 Å². The standard InChI is InChI=1S/C19H27NO3/c1-3-23-18(21)13-14-20(16-10-5-4-6-11-16)19(22)17-12-8-7-9-15(17)2/h7-9,12,16H,3-6,10-11,13-14H2,1-2H3. The van der Waals surface area contributed by atoms with Crippen LogP contribution in [0, 0.1) is 6.92 Å². The Morgan fingerprint density at radius 3 is 2.52 bits per heavy atom. The number of amides is 1. The van der Waals surface area contributed by atoms with Crippen LogP contribution in [0.5, 0.6) is 0 Å². The number of nitrogens with zero attached hydrogens (tertiary/aromatic N) is 1. The van der Waals surface area contributed by atoms with Gasteiger partial charge in [-0.1, -0.05) is 37.5 Å². The molecular formula is C19H27NO3. The summed E-state index contributed by atoms with van der Waals surface area (Å²) in [5, 5.41) is 0. The summed E-state index contributed by atoms with van der Waals surface area (Å²) in [5.74, 6) is -0.190. The number of esters is 1. The van der Waals surface area contributed by atoms with E-state index < -0.39 is 0 Å². The number of carbonyl (C=O) groups excluding carboxylic acids is 2. The first kappa shape index (κ1) is 17.5. The zero-order valence-corrected chi connectivity index (χ0v) is 14.2. The molecule has 126 valence electrons. The third-order valence-corrected chi connectivity index (χ3v) is 4.51. The molecule has 1 saturated carbocycles. The third kappa shape index (κ3) is 4.81. The molecule has 1 aliphatic carbocycles. The smallest absolute Gasteiger partial charge is 0.307 e. The Kier molecular flexibility index (Phi) is 6.63. The summed E-state index contributed by atoms with van der Waals surface area (Å²) in [6.45, 7) is 4.58. The van der Waals surface area contributed by atoms with Crippen molar-refractivity contribution in [1.82, 2.24) is 4.90 Å². The third-order valence-electron chi connectivity index (χ3n) is 4.51. The van der Waals surface area contributed by atoms with Crippen LogP contribution in [0.25, 0.3) is 0 Å². The molecule has 4 heteroatoms. The molecule has 1 fully saturated rings. The zero-order valence-electron chi connectivity index (χ0n) is 14.2. The first-order valence-corrected chi connectivity index (χ1v) is 8.65. The molecule has 1 amide bonds. The Morgan fingerprint density at radius 1 is 1.17 bits per heavy atom. The number of hydrogen-bond acceptors (Lipinski definition) is 3. The van der Waals surface area contributed by atoms with Gasteiger partial charge in [-0.3, -0.25) is 9.59 Å². The van der Waals surface area contributed by atoms with Crippen LogP contribution in [-0.2, 0) is 9.53 Å². The van der Waals surface area contributed by atoms with Crippen LogP contribution in [0.15, 0.2) is 24.3 Å². The number of aryl methyl sites for hydroxylation is 1. The van der Waals surface area contributed by atoms with Crippen LogP contribution < -0.4 is 0 Å². The SMILES string of the molecule is CCOC(=O)CCN(C(=O)c1ccccc1C)C1CCCCC1. The van der Waals surface area contributed by atoms with E-state index in [0.29, 0.717) is 13.2 Å². The second-order valence-electron chi connectivity index (χ2n) is 6.16. The number of rotatable bonds is 6.